The van der Waals surface area contributed by atoms with Gasteiger partial charge in [0.25, 0.3) is 5.91 Å². The minimum atomic E-state index is -0.859. The summed E-state index contributed by atoms with van der Waals surface area (Å²) in [4.78, 5) is 26.2. The van der Waals surface area contributed by atoms with Crippen LogP contribution in [0.3, 0.4) is 0 Å². The fourth-order valence-corrected chi connectivity index (χ4v) is 4.94. The highest BCUT2D eigenvalue weighted by Gasteiger charge is 2.34. The van der Waals surface area contributed by atoms with Crippen LogP contribution < -0.4 is 41.6 Å². The first-order valence-corrected chi connectivity index (χ1v) is 17.2. The molecule has 254 valence electrons. The topological polar surface area (TPSA) is 120 Å². The highest BCUT2D eigenvalue weighted by Crippen LogP contribution is 2.16. The van der Waals surface area contributed by atoms with Crippen molar-refractivity contribution in [2.24, 2.45) is 0 Å². The van der Waals surface area contributed by atoms with Crippen LogP contribution in [0.2, 0.25) is 0 Å². The molecule has 2 atom stereocenters. The Kier molecular flexibility index (Phi) is 40.2. The van der Waals surface area contributed by atoms with Crippen LogP contribution >= 0.6 is 0 Å². The van der Waals surface area contributed by atoms with Crippen LogP contribution in [0.5, 0.6) is 0 Å². The molecular weight excluding hydrogens is 573 g/mol. The van der Waals surface area contributed by atoms with Crippen LogP contribution in [0, 0.1) is 0 Å². The molecule has 0 heterocycles. The van der Waals surface area contributed by atoms with E-state index < -0.39 is 12.2 Å². The van der Waals surface area contributed by atoms with Crippen molar-refractivity contribution in [3.05, 3.63) is 0 Å². The van der Waals surface area contributed by atoms with Gasteiger partial charge in [0, 0.05) is 26.2 Å². The maximum absolute atomic E-state index is 13.1. The second-order valence-corrected chi connectivity index (χ2v) is 11.5. The van der Waals surface area contributed by atoms with Crippen molar-refractivity contribution in [1.82, 2.24) is 5.32 Å². The molecule has 0 aliphatic carbocycles. The normalized spacial score (nSPS) is 12.3. The number of rotatable bonds is 32. The number of unbranched alkanes of at least 4 members (excludes halogenated alkanes) is 17. The van der Waals surface area contributed by atoms with Crippen molar-refractivity contribution in [2.75, 3.05) is 32.8 Å². The molecule has 0 unspecified atom stereocenters. The average molecular weight is 643 g/mol. The van der Waals surface area contributed by atoms with Gasteiger partial charge in [-0.15, -0.1) is 0 Å². The van der Waals surface area contributed by atoms with E-state index in [4.69, 9.17) is 9.47 Å². The molecule has 0 aliphatic rings. The Balaban J connectivity index is -0.00000760. The van der Waals surface area contributed by atoms with E-state index in [1.54, 1.807) is 0 Å². The third-order valence-electron chi connectivity index (χ3n) is 7.56. The number of ether oxygens (including phenoxy) is 2. The number of hydrogen-bond acceptors (Lipinski definition) is 4. The first kappa shape index (κ1) is 46.0. The average Bonchev–Trinajstić information content (AvgIpc) is 2.96. The number of hydrogen-bond donors (Lipinski definition) is 3. The Morgan fingerprint density at radius 1 is 0.548 bits per heavy atom. The molecule has 7 N–H and O–H groups in total. The Morgan fingerprint density at radius 3 is 1.31 bits per heavy atom. The van der Waals surface area contributed by atoms with Gasteiger partial charge in [0.05, 0.1) is 13.1 Å². The van der Waals surface area contributed by atoms with E-state index in [2.05, 4.69) is 23.7 Å². The zero-order chi connectivity index (χ0) is 29.5. The van der Waals surface area contributed by atoms with Gasteiger partial charge >= 0.3 is 0 Å². The first-order chi connectivity index (χ1) is 19.6. The maximum Gasteiger partial charge on any atom is 0.252 e. The summed E-state index contributed by atoms with van der Waals surface area (Å²) in [6.07, 6.45) is 23.2. The predicted octanol–water partition coefficient (Wildman–Crippen LogP) is -0.444. The van der Waals surface area contributed by atoms with E-state index in [9.17, 15) is 9.59 Å². The summed E-state index contributed by atoms with van der Waals surface area (Å²) in [5.41, 5.74) is 7.82. The Bertz CT molecular complexity index is 525. The Hall–Kier alpha value is -0.440. The molecule has 1 amide bonds. The molecule has 0 radical (unpaired) electrons. The molecule has 7 nitrogen and oxygen atoms in total. The van der Waals surface area contributed by atoms with E-state index in [0.29, 0.717) is 26.2 Å². The Labute approximate surface area is 272 Å². The second-order valence-electron chi connectivity index (χ2n) is 11.5. The van der Waals surface area contributed by atoms with E-state index >= 15 is 0 Å². The van der Waals surface area contributed by atoms with Crippen LogP contribution in [0.1, 0.15) is 155 Å². The molecule has 0 aromatic carbocycles. The summed E-state index contributed by atoms with van der Waals surface area (Å²) in [6, 6.07) is 0. The molecule has 0 spiro atoms. The number of nitrogens with one attached hydrogen (secondary N) is 1. The van der Waals surface area contributed by atoms with Crippen molar-refractivity contribution >= 4 is 11.7 Å². The smallest absolute Gasteiger partial charge is 0.252 e. The number of ketones is 1. The van der Waals surface area contributed by atoms with Gasteiger partial charge in [-0.2, -0.15) is 0 Å². The van der Waals surface area contributed by atoms with Crippen molar-refractivity contribution in [3.8, 4) is 0 Å². The van der Waals surface area contributed by atoms with Gasteiger partial charge < -0.3 is 51.1 Å². The van der Waals surface area contributed by atoms with Gasteiger partial charge in [-0.25, -0.2) is 0 Å². The molecule has 0 aliphatic heterocycles. The monoisotopic (exact) mass is 641 g/mol. The van der Waals surface area contributed by atoms with E-state index in [1.165, 1.54) is 89.9 Å². The molecule has 0 aromatic rings. The third kappa shape index (κ3) is 28.3. The predicted molar refractivity (Wildman–Crippen MR) is 166 cm³/mol. The molecule has 0 saturated heterocycles. The lowest BCUT2D eigenvalue weighted by Crippen LogP contribution is -3.00. The van der Waals surface area contributed by atoms with Crippen molar-refractivity contribution in [1.29, 1.82) is 0 Å². The molecule has 9 heteroatoms. The summed E-state index contributed by atoms with van der Waals surface area (Å²) >= 11 is 0. The third-order valence-corrected chi connectivity index (χ3v) is 7.56. The summed E-state index contributed by atoms with van der Waals surface area (Å²) in [5.74, 6) is -0.211. The van der Waals surface area contributed by atoms with Crippen LogP contribution in [-0.4, -0.2) is 56.7 Å². The lowest BCUT2D eigenvalue weighted by molar-refractivity contribution is -0.368. The lowest BCUT2D eigenvalue weighted by atomic mass is 10.0. The van der Waals surface area contributed by atoms with Gasteiger partial charge in [0.1, 0.15) is 0 Å². The molecule has 0 rings (SSSR count). The van der Waals surface area contributed by atoms with Gasteiger partial charge in [0.15, 0.2) is 18.0 Å². The molecule has 0 bridgehead atoms. The van der Waals surface area contributed by atoms with Crippen LogP contribution in [-0.2, 0) is 19.1 Å². The summed E-state index contributed by atoms with van der Waals surface area (Å²) < 4.78 is 12.3. The van der Waals surface area contributed by atoms with Crippen LogP contribution in [0.4, 0.5) is 0 Å². The lowest BCUT2D eigenvalue weighted by Gasteiger charge is -2.26. The van der Waals surface area contributed by atoms with Crippen molar-refractivity contribution in [3.63, 3.8) is 0 Å². The molecule has 0 aromatic heterocycles. The fourth-order valence-electron chi connectivity index (χ4n) is 4.94. The standard InChI is InChI=1S/C33H67N3O4.2ClH/c1-3-5-24-30(37)31(39-28-22-18-14-10-6-8-12-16-20-25-34)32(33(38)36-27-4-2)40-29-23-19-15-11-7-9-13-17-21-26-35;;/h31-32H,3-29,34-35H2,1-2H3,(H,36,38);2*1H/t31-,32+;;/m0../s1. The van der Waals surface area contributed by atoms with E-state index in [0.717, 1.165) is 58.0 Å². The number of carbonyl (C=O) groups excluding carboxylic acids is 2. The van der Waals surface area contributed by atoms with Gasteiger partial charge in [-0.3, -0.25) is 9.59 Å². The second kappa shape index (κ2) is 36.8. The largest absolute Gasteiger partial charge is 1.00 e. The number of Topliss-reactive ketones (excluding diaryl/α,β-unsaturated/α-hetero) is 1. The number of amides is 1. The summed E-state index contributed by atoms with van der Waals surface area (Å²) in [6.45, 7) is 7.77. The quantitative estimate of drug-likeness (QED) is 0.0863. The van der Waals surface area contributed by atoms with Gasteiger partial charge in [-0.05, 0) is 51.4 Å². The van der Waals surface area contributed by atoms with Crippen LogP contribution in [0.25, 0.3) is 0 Å². The number of halogens is 2. The highest BCUT2D eigenvalue weighted by atomic mass is 35.5. The minimum Gasteiger partial charge on any atom is -1.00 e. The van der Waals surface area contributed by atoms with E-state index in [-0.39, 0.29) is 36.5 Å². The SMILES string of the molecule is CCCCC(=O)[C@H](OCCCCCCCCCCC[NH3+])[C@@H](OCCCCCCCCCCC[NH3+])C(=O)NCCC.[Cl-].[Cl-]. The zero-order valence-corrected chi connectivity index (χ0v) is 29.1. The highest BCUT2D eigenvalue weighted by molar-refractivity contribution is 5.92. The van der Waals surface area contributed by atoms with Crippen LogP contribution in [0.15, 0.2) is 0 Å². The Morgan fingerprint density at radius 2 is 0.929 bits per heavy atom. The van der Waals surface area contributed by atoms with Crippen molar-refractivity contribution in [2.45, 2.75) is 167 Å². The van der Waals surface area contributed by atoms with Crippen molar-refractivity contribution < 1.29 is 55.3 Å². The fraction of sp³-hybridized carbons (Fsp3) is 0.939. The summed E-state index contributed by atoms with van der Waals surface area (Å²) in [5, 5.41) is 2.95. The minimum absolute atomic E-state index is 0. The van der Waals surface area contributed by atoms with E-state index in [1.807, 2.05) is 6.92 Å². The van der Waals surface area contributed by atoms with Gasteiger partial charge in [-0.1, -0.05) is 97.3 Å². The molecule has 42 heavy (non-hydrogen) atoms. The first-order valence-electron chi connectivity index (χ1n) is 17.2. The number of quaternary nitrogens is 2. The zero-order valence-electron chi connectivity index (χ0n) is 27.5. The molecular formula is C33H69Cl2N3O4. The number of carbonyl (C=O) groups is 2. The summed E-state index contributed by atoms with van der Waals surface area (Å²) in [7, 11) is 0. The molecule has 0 fully saturated rings. The molecule has 0 saturated carbocycles. The van der Waals surface area contributed by atoms with Gasteiger partial charge in [0.2, 0.25) is 0 Å². The maximum atomic E-state index is 13.1.